The van der Waals surface area contributed by atoms with Gasteiger partial charge in [-0.25, -0.2) is 0 Å². The molecule has 26 heavy (non-hydrogen) atoms. The molecule has 0 saturated heterocycles. The first-order valence-corrected chi connectivity index (χ1v) is 10.00. The van der Waals surface area contributed by atoms with E-state index in [1.165, 1.54) is 25.7 Å². The summed E-state index contributed by atoms with van der Waals surface area (Å²) in [5.41, 5.74) is 1.09. The average molecular weight is 356 g/mol. The Hall–Kier alpha value is -2.16. The summed E-state index contributed by atoms with van der Waals surface area (Å²) in [6.45, 7) is 5.97. The molecular weight excluding hydrogens is 322 g/mol. The Bertz CT molecular complexity index is 583. The van der Waals surface area contributed by atoms with E-state index in [4.69, 9.17) is 9.47 Å². The van der Waals surface area contributed by atoms with Gasteiger partial charge in [0.2, 0.25) is 0 Å². The normalized spacial score (nSPS) is 11.8. The first-order valence-electron chi connectivity index (χ1n) is 10.00. The van der Waals surface area contributed by atoms with E-state index in [1.807, 2.05) is 42.5 Å². The third-order valence-corrected chi connectivity index (χ3v) is 4.41. The standard InChI is InChI=1S/C23H33NO2/c1-3-5-6-7-11-18-25-22-16-14-20(15-17-22)24-19-21(4-2)26-23-12-9-8-10-13-23/h8-10,12-17,21,24H,3-7,11,18-19H2,1-2H3. The molecule has 0 aliphatic rings. The summed E-state index contributed by atoms with van der Waals surface area (Å²) >= 11 is 0. The van der Waals surface area contributed by atoms with Crippen LogP contribution in [0.25, 0.3) is 0 Å². The van der Waals surface area contributed by atoms with Crippen LogP contribution in [0.4, 0.5) is 5.69 Å². The molecule has 2 aromatic rings. The Kier molecular flexibility index (Phi) is 9.48. The van der Waals surface area contributed by atoms with Crippen molar-refractivity contribution < 1.29 is 9.47 Å². The van der Waals surface area contributed by atoms with E-state index in [0.29, 0.717) is 0 Å². The summed E-state index contributed by atoms with van der Waals surface area (Å²) in [4.78, 5) is 0. The molecule has 0 spiro atoms. The van der Waals surface area contributed by atoms with Crippen molar-refractivity contribution in [2.45, 2.75) is 58.5 Å². The predicted molar refractivity (Wildman–Crippen MR) is 110 cm³/mol. The van der Waals surface area contributed by atoms with Crippen LogP contribution >= 0.6 is 0 Å². The Balaban J connectivity index is 1.69. The maximum absolute atomic E-state index is 6.02. The maximum atomic E-state index is 6.02. The molecule has 2 aromatic carbocycles. The molecule has 1 unspecified atom stereocenters. The van der Waals surface area contributed by atoms with Gasteiger partial charge in [0.1, 0.15) is 17.6 Å². The SMILES string of the molecule is CCCCCCCOc1ccc(NCC(CC)Oc2ccccc2)cc1. The highest BCUT2D eigenvalue weighted by molar-refractivity contribution is 5.46. The van der Waals surface area contributed by atoms with Crippen molar-refractivity contribution in [3.05, 3.63) is 54.6 Å². The minimum absolute atomic E-state index is 0.149. The molecule has 1 N–H and O–H groups in total. The van der Waals surface area contributed by atoms with Crippen molar-refractivity contribution in [2.75, 3.05) is 18.5 Å². The molecule has 0 amide bonds. The number of hydrogen-bond donors (Lipinski definition) is 1. The molecule has 142 valence electrons. The summed E-state index contributed by atoms with van der Waals surface area (Å²) in [5, 5.41) is 3.45. The fourth-order valence-corrected chi connectivity index (χ4v) is 2.76. The first kappa shape index (κ1) is 20.2. The Morgan fingerprint density at radius 3 is 2.23 bits per heavy atom. The quantitative estimate of drug-likeness (QED) is 0.427. The average Bonchev–Trinajstić information content (AvgIpc) is 2.69. The number of rotatable bonds is 13. The maximum Gasteiger partial charge on any atom is 0.119 e. The second-order valence-corrected chi connectivity index (χ2v) is 6.63. The second kappa shape index (κ2) is 12.2. The van der Waals surface area contributed by atoms with Crippen LogP contribution in [-0.4, -0.2) is 19.3 Å². The smallest absolute Gasteiger partial charge is 0.119 e. The van der Waals surface area contributed by atoms with E-state index >= 15 is 0 Å². The molecule has 0 fully saturated rings. The van der Waals surface area contributed by atoms with Crippen molar-refractivity contribution >= 4 is 5.69 Å². The Morgan fingerprint density at radius 1 is 0.808 bits per heavy atom. The van der Waals surface area contributed by atoms with Gasteiger partial charge in [-0.1, -0.05) is 57.7 Å². The highest BCUT2D eigenvalue weighted by atomic mass is 16.5. The fourth-order valence-electron chi connectivity index (χ4n) is 2.76. The first-order chi connectivity index (χ1) is 12.8. The van der Waals surface area contributed by atoms with E-state index in [0.717, 1.165) is 43.2 Å². The molecule has 3 nitrogen and oxygen atoms in total. The fraction of sp³-hybridized carbons (Fsp3) is 0.478. The van der Waals surface area contributed by atoms with Gasteiger partial charge in [0.25, 0.3) is 0 Å². The lowest BCUT2D eigenvalue weighted by atomic mass is 10.2. The van der Waals surface area contributed by atoms with E-state index in [2.05, 4.69) is 31.3 Å². The molecule has 1 atom stereocenters. The van der Waals surface area contributed by atoms with Gasteiger partial charge in [0, 0.05) is 5.69 Å². The molecule has 0 aliphatic heterocycles. The molecular formula is C23H33NO2. The summed E-state index contributed by atoms with van der Waals surface area (Å²) in [7, 11) is 0. The number of hydrogen-bond acceptors (Lipinski definition) is 3. The van der Waals surface area contributed by atoms with Crippen molar-refractivity contribution in [3.8, 4) is 11.5 Å². The number of unbranched alkanes of at least 4 members (excludes halogenated alkanes) is 4. The topological polar surface area (TPSA) is 30.5 Å². The number of anilines is 1. The molecule has 0 aromatic heterocycles. The van der Waals surface area contributed by atoms with Gasteiger partial charge < -0.3 is 14.8 Å². The van der Waals surface area contributed by atoms with Gasteiger partial charge >= 0.3 is 0 Å². The highest BCUT2D eigenvalue weighted by Crippen LogP contribution is 2.17. The molecule has 0 radical (unpaired) electrons. The van der Waals surface area contributed by atoms with Crippen LogP contribution in [0.2, 0.25) is 0 Å². The van der Waals surface area contributed by atoms with Crippen molar-refractivity contribution in [3.63, 3.8) is 0 Å². The van der Waals surface area contributed by atoms with Gasteiger partial charge in [0.15, 0.2) is 0 Å². The van der Waals surface area contributed by atoms with E-state index in [1.54, 1.807) is 0 Å². The van der Waals surface area contributed by atoms with Crippen LogP contribution in [0.3, 0.4) is 0 Å². The molecule has 2 rings (SSSR count). The van der Waals surface area contributed by atoms with Gasteiger partial charge in [0.05, 0.1) is 13.2 Å². The van der Waals surface area contributed by atoms with E-state index in [-0.39, 0.29) is 6.10 Å². The minimum atomic E-state index is 0.149. The number of nitrogens with one attached hydrogen (secondary N) is 1. The van der Waals surface area contributed by atoms with Crippen LogP contribution in [0, 0.1) is 0 Å². The zero-order valence-electron chi connectivity index (χ0n) is 16.2. The van der Waals surface area contributed by atoms with Crippen molar-refractivity contribution in [1.82, 2.24) is 0 Å². The van der Waals surface area contributed by atoms with Crippen molar-refractivity contribution in [2.24, 2.45) is 0 Å². The number of ether oxygens (including phenoxy) is 2. The predicted octanol–water partition coefficient (Wildman–Crippen LogP) is 6.31. The second-order valence-electron chi connectivity index (χ2n) is 6.63. The van der Waals surface area contributed by atoms with Gasteiger partial charge in [-0.15, -0.1) is 0 Å². The molecule has 0 saturated carbocycles. The summed E-state index contributed by atoms with van der Waals surface area (Å²) < 4.78 is 11.8. The lowest BCUT2D eigenvalue weighted by Gasteiger charge is -2.19. The highest BCUT2D eigenvalue weighted by Gasteiger charge is 2.08. The zero-order chi connectivity index (χ0) is 18.5. The monoisotopic (exact) mass is 355 g/mol. The Morgan fingerprint density at radius 2 is 1.54 bits per heavy atom. The molecule has 0 bridgehead atoms. The van der Waals surface area contributed by atoms with Gasteiger partial charge in [-0.05, 0) is 49.2 Å². The lowest BCUT2D eigenvalue weighted by molar-refractivity contribution is 0.210. The summed E-state index contributed by atoms with van der Waals surface area (Å²) in [5.74, 6) is 1.86. The third kappa shape index (κ3) is 7.81. The van der Waals surface area contributed by atoms with Crippen LogP contribution < -0.4 is 14.8 Å². The Labute approximate surface area is 158 Å². The summed E-state index contributed by atoms with van der Waals surface area (Å²) in [6, 6.07) is 18.2. The zero-order valence-corrected chi connectivity index (χ0v) is 16.2. The number of para-hydroxylation sites is 1. The third-order valence-electron chi connectivity index (χ3n) is 4.41. The van der Waals surface area contributed by atoms with E-state index < -0.39 is 0 Å². The lowest BCUT2D eigenvalue weighted by Crippen LogP contribution is -2.25. The van der Waals surface area contributed by atoms with Gasteiger partial charge in [-0.2, -0.15) is 0 Å². The van der Waals surface area contributed by atoms with Crippen LogP contribution in [-0.2, 0) is 0 Å². The number of benzene rings is 2. The minimum Gasteiger partial charge on any atom is -0.494 e. The van der Waals surface area contributed by atoms with E-state index in [9.17, 15) is 0 Å². The van der Waals surface area contributed by atoms with Crippen LogP contribution in [0.1, 0.15) is 52.4 Å². The van der Waals surface area contributed by atoms with Crippen LogP contribution in [0.5, 0.6) is 11.5 Å². The molecule has 3 heteroatoms. The van der Waals surface area contributed by atoms with Crippen molar-refractivity contribution in [1.29, 1.82) is 0 Å². The molecule has 0 heterocycles. The largest absolute Gasteiger partial charge is 0.494 e. The molecule has 0 aliphatic carbocycles. The summed E-state index contributed by atoms with van der Waals surface area (Å²) in [6.07, 6.45) is 7.42. The van der Waals surface area contributed by atoms with Crippen LogP contribution in [0.15, 0.2) is 54.6 Å². The van der Waals surface area contributed by atoms with Gasteiger partial charge in [-0.3, -0.25) is 0 Å².